The number of benzene rings is 1. The molecule has 2 nitrogen and oxygen atoms in total. The number of anilines is 1. The molecule has 0 amide bonds. The Bertz CT molecular complexity index is 415. The van der Waals surface area contributed by atoms with Crippen LogP contribution in [0.3, 0.4) is 0 Å². The van der Waals surface area contributed by atoms with Crippen molar-refractivity contribution in [2.75, 3.05) is 12.3 Å². The van der Waals surface area contributed by atoms with Gasteiger partial charge in [0, 0.05) is 11.8 Å². The van der Waals surface area contributed by atoms with E-state index in [2.05, 4.69) is 6.92 Å². The van der Waals surface area contributed by atoms with Gasteiger partial charge in [0.15, 0.2) is 0 Å². The van der Waals surface area contributed by atoms with Crippen LogP contribution in [0.4, 0.5) is 5.69 Å². The summed E-state index contributed by atoms with van der Waals surface area (Å²) >= 11 is 0. The van der Waals surface area contributed by atoms with Crippen LogP contribution in [0, 0.1) is 24.7 Å². The summed E-state index contributed by atoms with van der Waals surface area (Å²) < 4.78 is 5.97. The summed E-state index contributed by atoms with van der Waals surface area (Å²) in [7, 11) is 0. The molecule has 1 aromatic rings. The quantitative estimate of drug-likeness (QED) is 0.809. The van der Waals surface area contributed by atoms with Gasteiger partial charge in [-0.1, -0.05) is 12.5 Å². The molecule has 2 fully saturated rings. The van der Waals surface area contributed by atoms with Crippen LogP contribution in [0.5, 0.6) is 5.75 Å². The van der Waals surface area contributed by atoms with Crippen LogP contribution in [-0.4, -0.2) is 6.61 Å². The average Bonchev–Trinajstić information content (AvgIpc) is 2.92. The first kappa shape index (κ1) is 10.9. The second-order valence-corrected chi connectivity index (χ2v) is 5.77. The first-order chi connectivity index (χ1) is 8.22. The second-order valence-electron chi connectivity index (χ2n) is 5.77. The Labute approximate surface area is 103 Å². The Morgan fingerprint density at radius 1 is 1.29 bits per heavy atom. The van der Waals surface area contributed by atoms with E-state index in [0.717, 1.165) is 35.8 Å². The summed E-state index contributed by atoms with van der Waals surface area (Å²) in [6.07, 6.45) is 5.71. The van der Waals surface area contributed by atoms with Crippen molar-refractivity contribution in [2.24, 2.45) is 17.8 Å². The van der Waals surface area contributed by atoms with Crippen molar-refractivity contribution in [3.05, 3.63) is 23.8 Å². The van der Waals surface area contributed by atoms with E-state index in [1.807, 2.05) is 18.2 Å². The SMILES string of the molecule is Cc1ccc(N)cc1OCC1CC2CCC1C2. The first-order valence-electron chi connectivity index (χ1n) is 6.71. The Hall–Kier alpha value is -1.18. The Morgan fingerprint density at radius 2 is 2.18 bits per heavy atom. The highest BCUT2D eigenvalue weighted by Crippen LogP contribution is 2.48. The molecule has 0 heterocycles. The summed E-state index contributed by atoms with van der Waals surface area (Å²) in [5.41, 5.74) is 7.76. The molecule has 0 spiro atoms. The molecule has 92 valence electrons. The second kappa shape index (κ2) is 4.25. The number of ether oxygens (including phenoxy) is 1. The largest absolute Gasteiger partial charge is 0.493 e. The molecular formula is C15H21NO. The minimum absolute atomic E-state index is 0.787. The lowest BCUT2D eigenvalue weighted by atomic mass is 9.89. The van der Waals surface area contributed by atoms with Crippen molar-refractivity contribution < 1.29 is 4.74 Å². The first-order valence-corrected chi connectivity index (χ1v) is 6.71. The molecule has 2 heteroatoms. The fraction of sp³-hybridized carbons (Fsp3) is 0.600. The van der Waals surface area contributed by atoms with Crippen molar-refractivity contribution in [1.29, 1.82) is 0 Å². The van der Waals surface area contributed by atoms with Crippen LogP contribution in [-0.2, 0) is 0 Å². The van der Waals surface area contributed by atoms with E-state index in [-0.39, 0.29) is 0 Å². The van der Waals surface area contributed by atoms with Gasteiger partial charge < -0.3 is 10.5 Å². The molecule has 0 aliphatic heterocycles. The minimum atomic E-state index is 0.787. The maximum Gasteiger partial charge on any atom is 0.124 e. The normalized spacial score (nSPS) is 30.8. The molecule has 0 aromatic heterocycles. The molecule has 3 atom stereocenters. The van der Waals surface area contributed by atoms with E-state index in [0.29, 0.717) is 0 Å². The third-order valence-corrected chi connectivity index (χ3v) is 4.55. The van der Waals surface area contributed by atoms with Gasteiger partial charge in [0.2, 0.25) is 0 Å². The highest BCUT2D eigenvalue weighted by atomic mass is 16.5. The van der Waals surface area contributed by atoms with Gasteiger partial charge in [-0.2, -0.15) is 0 Å². The molecule has 2 bridgehead atoms. The minimum Gasteiger partial charge on any atom is -0.493 e. The number of rotatable bonds is 3. The van der Waals surface area contributed by atoms with Gasteiger partial charge in [0.1, 0.15) is 5.75 Å². The van der Waals surface area contributed by atoms with Crippen molar-refractivity contribution in [2.45, 2.75) is 32.6 Å². The number of fused-ring (bicyclic) bond motifs is 2. The molecule has 2 aliphatic carbocycles. The molecular weight excluding hydrogens is 210 g/mol. The van der Waals surface area contributed by atoms with E-state index in [1.54, 1.807) is 0 Å². The highest BCUT2D eigenvalue weighted by molar-refractivity contribution is 5.47. The fourth-order valence-corrected chi connectivity index (χ4v) is 3.55. The van der Waals surface area contributed by atoms with E-state index < -0.39 is 0 Å². The molecule has 17 heavy (non-hydrogen) atoms. The third kappa shape index (κ3) is 2.13. The molecule has 2 N–H and O–H groups in total. The van der Waals surface area contributed by atoms with Crippen molar-refractivity contribution >= 4 is 5.69 Å². The zero-order chi connectivity index (χ0) is 11.8. The molecule has 1 aromatic carbocycles. The van der Waals surface area contributed by atoms with Crippen LogP contribution in [0.2, 0.25) is 0 Å². The summed E-state index contributed by atoms with van der Waals surface area (Å²) in [6, 6.07) is 5.91. The molecule has 0 saturated heterocycles. The standard InChI is InChI=1S/C15H21NO/c1-10-2-5-14(16)8-15(10)17-9-13-7-11-3-4-12(13)6-11/h2,5,8,11-13H,3-4,6-7,9,16H2,1H3. The summed E-state index contributed by atoms with van der Waals surface area (Å²) in [6.45, 7) is 2.96. The molecule has 3 unspecified atom stereocenters. The fourth-order valence-electron chi connectivity index (χ4n) is 3.55. The van der Waals surface area contributed by atoms with E-state index in [9.17, 15) is 0 Å². The number of aryl methyl sites for hydroxylation is 1. The van der Waals surface area contributed by atoms with Gasteiger partial charge in [-0.15, -0.1) is 0 Å². The van der Waals surface area contributed by atoms with Gasteiger partial charge in [-0.25, -0.2) is 0 Å². The van der Waals surface area contributed by atoms with Gasteiger partial charge >= 0.3 is 0 Å². The van der Waals surface area contributed by atoms with Gasteiger partial charge in [0.25, 0.3) is 0 Å². The lowest BCUT2D eigenvalue weighted by Gasteiger charge is -2.22. The van der Waals surface area contributed by atoms with E-state index >= 15 is 0 Å². The number of hydrogen-bond acceptors (Lipinski definition) is 2. The number of hydrogen-bond donors (Lipinski definition) is 1. The van der Waals surface area contributed by atoms with Crippen LogP contribution in [0.1, 0.15) is 31.2 Å². The lowest BCUT2D eigenvalue weighted by Crippen LogP contribution is -2.18. The zero-order valence-corrected chi connectivity index (χ0v) is 10.5. The van der Waals surface area contributed by atoms with Gasteiger partial charge in [-0.3, -0.25) is 0 Å². The maximum absolute atomic E-state index is 5.97. The third-order valence-electron chi connectivity index (χ3n) is 4.55. The predicted molar refractivity (Wildman–Crippen MR) is 70.0 cm³/mol. The topological polar surface area (TPSA) is 35.2 Å². The average molecular weight is 231 g/mol. The van der Waals surface area contributed by atoms with Crippen LogP contribution >= 0.6 is 0 Å². The lowest BCUT2D eigenvalue weighted by molar-refractivity contribution is 0.194. The van der Waals surface area contributed by atoms with Crippen LogP contribution in [0.15, 0.2) is 18.2 Å². The monoisotopic (exact) mass is 231 g/mol. The highest BCUT2D eigenvalue weighted by Gasteiger charge is 2.39. The molecule has 2 aliphatic rings. The maximum atomic E-state index is 5.97. The summed E-state index contributed by atoms with van der Waals surface area (Å²) in [5.74, 6) is 3.68. The van der Waals surface area contributed by atoms with Crippen molar-refractivity contribution in [1.82, 2.24) is 0 Å². The summed E-state index contributed by atoms with van der Waals surface area (Å²) in [4.78, 5) is 0. The smallest absolute Gasteiger partial charge is 0.124 e. The summed E-state index contributed by atoms with van der Waals surface area (Å²) in [5, 5.41) is 0. The Kier molecular flexibility index (Phi) is 2.73. The Balaban J connectivity index is 1.62. The molecule has 0 radical (unpaired) electrons. The van der Waals surface area contributed by atoms with Gasteiger partial charge in [-0.05, 0) is 55.6 Å². The Morgan fingerprint density at radius 3 is 2.88 bits per heavy atom. The van der Waals surface area contributed by atoms with Crippen molar-refractivity contribution in [3.63, 3.8) is 0 Å². The van der Waals surface area contributed by atoms with Crippen LogP contribution < -0.4 is 10.5 Å². The van der Waals surface area contributed by atoms with E-state index in [1.165, 1.54) is 31.2 Å². The molecule has 2 saturated carbocycles. The van der Waals surface area contributed by atoms with Crippen LogP contribution in [0.25, 0.3) is 0 Å². The number of nitrogens with two attached hydrogens (primary N) is 1. The van der Waals surface area contributed by atoms with Gasteiger partial charge in [0.05, 0.1) is 6.61 Å². The number of nitrogen functional groups attached to an aromatic ring is 1. The zero-order valence-electron chi connectivity index (χ0n) is 10.5. The molecule has 3 rings (SSSR count). The van der Waals surface area contributed by atoms with E-state index in [4.69, 9.17) is 10.5 Å². The van der Waals surface area contributed by atoms with Crippen molar-refractivity contribution in [3.8, 4) is 5.75 Å². The predicted octanol–water partition coefficient (Wildman–Crippen LogP) is 3.39.